The van der Waals surface area contributed by atoms with Crippen LogP contribution in [0.15, 0.2) is 53.4 Å². The summed E-state index contributed by atoms with van der Waals surface area (Å²) in [6, 6.07) is 7.85. The number of anilines is 1. The standard InChI is InChI=1S/C21H22F2N2O4S/c1-4-21(2,3)25(30(28,29)17-11-7-15(23)8-12-17)18-13-19(26)24(20(18)27)16-9-5-14(22)6-10-16/h5-12,18H,4,13H2,1-3H3. The monoisotopic (exact) mass is 436 g/mol. The van der Waals surface area contributed by atoms with E-state index in [0.29, 0.717) is 6.42 Å². The Kier molecular flexibility index (Phi) is 5.79. The van der Waals surface area contributed by atoms with Crippen molar-refractivity contribution in [2.24, 2.45) is 0 Å². The number of benzene rings is 2. The second-order valence-corrected chi connectivity index (χ2v) is 9.50. The SMILES string of the molecule is CCC(C)(C)N(C1CC(=O)N(c2ccc(F)cc2)C1=O)S(=O)(=O)c1ccc(F)cc1. The van der Waals surface area contributed by atoms with Crippen LogP contribution in [0.3, 0.4) is 0 Å². The average molecular weight is 436 g/mol. The van der Waals surface area contributed by atoms with Gasteiger partial charge in [0.25, 0.3) is 5.91 Å². The predicted octanol–water partition coefficient (Wildman–Crippen LogP) is 3.48. The molecule has 2 aromatic rings. The fraction of sp³-hybridized carbons (Fsp3) is 0.333. The van der Waals surface area contributed by atoms with E-state index < -0.39 is 45.1 Å². The van der Waals surface area contributed by atoms with Gasteiger partial charge >= 0.3 is 0 Å². The fourth-order valence-electron chi connectivity index (χ4n) is 3.45. The summed E-state index contributed by atoms with van der Waals surface area (Å²) in [5, 5.41) is 0. The Bertz CT molecular complexity index is 1070. The quantitative estimate of drug-likeness (QED) is 0.650. The van der Waals surface area contributed by atoms with Crippen LogP contribution in [0.4, 0.5) is 14.5 Å². The zero-order valence-electron chi connectivity index (χ0n) is 16.8. The minimum absolute atomic E-state index is 0.169. The summed E-state index contributed by atoms with van der Waals surface area (Å²) in [5.41, 5.74) is -0.838. The molecule has 2 amide bonds. The number of amides is 2. The van der Waals surface area contributed by atoms with E-state index in [0.717, 1.165) is 45.6 Å². The van der Waals surface area contributed by atoms with Crippen LogP contribution in [0.25, 0.3) is 0 Å². The van der Waals surface area contributed by atoms with Gasteiger partial charge in [0.15, 0.2) is 0 Å². The molecule has 9 heteroatoms. The molecule has 0 radical (unpaired) electrons. The first-order valence-electron chi connectivity index (χ1n) is 9.41. The molecule has 6 nitrogen and oxygen atoms in total. The van der Waals surface area contributed by atoms with Crippen molar-refractivity contribution in [3.63, 3.8) is 0 Å². The maximum atomic E-state index is 13.4. The highest BCUT2D eigenvalue weighted by molar-refractivity contribution is 7.89. The second-order valence-electron chi connectivity index (χ2n) is 7.68. The molecule has 1 aliphatic heterocycles. The van der Waals surface area contributed by atoms with Gasteiger partial charge in [-0.25, -0.2) is 22.1 Å². The normalized spacial score (nSPS) is 17.8. The lowest BCUT2D eigenvalue weighted by Gasteiger charge is -2.39. The van der Waals surface area contributed by atoms with Crippen molar-refractivity contribution < 1.29 is 26.8 Å². The minimum Gasteiger partial charge on any atom is -0.274 e. The van der Waals surface area contributed by atoms with E-state index in [2.05, 4.69) is 0 Å². The first-order chi connectivity index (χ1) is 14.0. The molecule has 1 fully saturated rings. The van der Waals surface area contributed by atoms with Crippen LogP contribution in [-0.2, 0) is 19.6 Å². The summed E-state index contributed by atoms with van der Waals surface area (Å²) in [6.45, 7) is 5.09. The lowest BCUT2D eigenvalue weighted by atomic mass is 10.00. The number of sulfonamides is 1. The van der Waals surface area contributed by atoms with Crippen LogP contribution in [-0.4, -0.2) is 36.1 Å². The van der Waals surface area contributed by atoms with E-state index in [4.69, 9.17) is 0 Å². The van der Waals surface area contributed by atoms with Gasteiger partial charge in [0.2, 0.25) is 15.9 Å². The van der Waals surface area contributed by atoms with Crippen molar-refractivity contribution in [1.82, 2.24) is 4.31 Å². The summed E-state index contributed by atoms with van der Waals surface area (Å²) < 4.78 is 54.5. The molecule has 0 spiro atoms. The molecule has 0 bridgehead atoms. The molecule has 1 unspecified atom stereocenters. The molecule has 30 heavy (non-hydrogen) atoms. The van der Waals surface area contributed by atoms with Gasteiger partial charge in [-0.05, 0) is 68.8 Å². The summed E-state index contributed by atoms with van der Waals surface area (Å²) in [7, 11) is -4.23. The van der Waals surface area contributed by atoms with Gasteiger partial charge in [0.05, 0.1) is 17.0 Å². The summed E-state index contributed by atoms with van der Waals surface area (Å²) >= 11 is 0. The largest absolute Gasteiger partial charge is 0.274 e. The van der Waals surface area contributed by atoms with E-state index in [9.17, 15) is 26.8 Å². The Morgan fingerprint density at radius 1 is 1.00 bits per heavy atom. The van der Waals surface area contributed by atoms with Gasteiger partial charge in [-0.2, -0.15) is 4.31 Å². The zero-order chi connectivity index (χ0) is 22.3. The number of carbonyl (C=O) groups is 2. The second kappa shape index (κ2) is 7.88. The first-order valence-corrected chi connectivity index (χ1v) is 10.9. The number of rotatable bonds is 6. The minimum atomic E-state index is -4.23. The fourth-order valence-corrected chi connectivity index (χ4v) is 5.44. The highest BCUT2D eigenvalue weighted by Gasteiger charge is 2.51. The van der Waals surface area contributed by atoms with E-state index in [1.807, 2.05) is 0 Å². The molecule has 160 valence electrons. The zero-order valence-corrected chi connectivity index (χ0v) is 17.6. The summed E-state index contributed by atoms with van der Waals surface area (Å²) in [6.07, 6.45) is 0.0159. The number of hydrogen-bond acceptors (Lipinski definition) is 4. The van der Waals surface area contributed by atoms with Crippen LogP contribution in [0, 0.1) is 11.6 Å². The smallest absolute Gasteiger partial charge is 0.252 e. The molecule has 0 saturated carbocycles. The van der Waals surface area contributed by atoms with Crippen molar-refractivity contribution in [2.45, 2.75) is 50.1 Å². The van der Waals surface area contributed by atoms with Crippen molar-refractivity contribution in [2.75, 3.05) is 4.90 Å². The molecule has 1 aliphatic rings. The van der Waals surface area contributed by atoms with Gasteiger partial charge < -0.3 is 0 Å². The van der Waals surface area contributed by atoms with E-state index in [1.54, 1.807) is 20.8 Å². The molecule has 1 atom stereocenters. The van der Waals surface area contributed by atoms with Crippen molar-refractivity contribution >= 4 is 27.5 Å². The number of nitrogens with zero attached hydrogens (tertiary/aromatic N) is 2. The molecule has 0 aromatic heterocycles. The number of halogens is 2. The predicted molar refractivity (Wildman–Crippen MR) is 107 cm³/mol. The Morgan fingerprint density at radius 3 is 2.00 bits per heavy atom. The molecular weight excluding hydrogens is 414 g/mol. The van der Waals surface area contributed by atoms with Gasteiger partial charge in [0.1, 0.15) is 17.7 Å². The van der Waals surface area contributed by atoms with Gasteiger partial charge in [-0.15, -0.1) is 0 Å². The molecule has 1 heterocycles. The Balaban J connectivity index is 2.07. The Morgan fingerprint density at radius 2 is 1.50 bits per heavy atom. The maximum Gasteiger partial charge on any atom is 0.252 e. The molecule has 1 saturated heterocycles. The maximum absolute atomic E-state index is 13.4. The molecular formula is C21H22F2N2O4S. The lowest BCUT2D eigenvalue weighted by Crippen LogP contribution is -2.55. The summed E-state index contributed by atoms with van der Waals surface area (Å²) in [5.74, 6) is -2.41. The highest BCUT2D eigenvalue weighted by Crippen LogP contribution is 2.35. The molecule has 0 N–H and O–H groups in total. The van der Waals surface area contributed by atoms with Gasteiger partial charge in [-0.3, -0.25) is 9.59 Å². The third kappa shape index (κ3) is 3.87. The van der Waals surface area contributed by atoms with E-state index in [-0.39, 0.29) is 17.0 Å². The third-order valence-electron chi connectivity index (χ3n) is 5.32. The van der Waals surface area contributed by atoms with Crippen molar-refractivity contribution in [3.05, 3.63) is 60.2 Å². The van der Waals surface area contributed by atoms with Crippen LogP contribution >= 0.6 is 0 Å². The van der Waals surface area contributed by atoms with Crippen molar-refractivity contribution in [1.29, 1.82) is 0 Å². The Hall–Kier alpha value is -2.65. The molecule has 2 aromatic carbocycles. The van der Waals surface area contributed by atoms with Crippen LogP contribution in [0.5, 0.6) is 0 Å². The summed E-state index contributed by atoms with van der Waals surface area (Å²) in [4.78, 5) is 26.5. The molecule has 0 aliphatic carbocycles. The van der Waals surface area contributed by atoms with Crippen molar-refractivity contribution in [3.8, 4) is 0 Å². The topological polar surface area (TPSA) is 74.8 Å². The van der Waals surface area contributed by atoms with E-state index in [1.165, 1.54) is 12.1 Å². The van der Waals surface area contributed by atoms with Crippen LogP contribution in [0.1, 0.15) is 33.6 Å². The van der Waals surface area contributed by atoms with Crippen LogP contribution in [0.2, 0.25) is 0 Å². The van der Waals surface area contributed by atoms with Gasteiger partial charge in [0, 0.05) is 5.54 Å². The van der Waals surface area contributed by atoms with Crippen LogP contribution < -0.4 is 4.90 Å². The highest BCUT2D eigenvalue weighted by atomic mass is 32.2. The first kappa shape index (κ1) is 22.0. The average Bonchev–Trinajstić information content (AvgIpc) is 2.96. The Labute approximate surface area is 174 Å². The third-order valence-corrected chi connectivity index (χ3v) is 7.46. The number of imide groups is 1. The van der Waals surface area contributed by atoms with Gasteiger partial charge in [-0.1, -0.05) is 6.92 Å². The number of hydrogen-bond donors (Lipinski definition) is 0. The van der Waals surface area contributed by atoms with E-state index >= 15 is 0 Å². The number of carbonyl (C=O) groups excluding carboxylic acids is 2. The molecule has 3 rings (SSSR count). The lowest BCUT2D eigenvalue weighted by molar-refractivity contribution is -0.122.